The number of nitrogens with two attached hydrogens (primary N) is 1. The van der Waals surface area contributed by atoms with Crippen LogP contribution in [-0.2, 0) is 12.6 Å². The standard InChI is InChI=1S/C11H11F4N/c12-6-9(7-16)4-8-2-1-3-10(5-8)11(13,14)15/h1-3,5-6H,4,7,16H2/b9-6+. The van der Waals surface area contributed by atoms with Gasteiger partial charge in [0.1, 0.15) is 0 Å². The van der Waals surface area contributed by atoms with Crippen LogP contribution in [0.1, 0.15) is 11.1 Å². The average Bonchev–Trinajstić information content (AvgIpc) is 2.25. The largest absolute Gasteiger partial charge is 0.416 e. The maximum Gasteiger partial charge on any atom is 0.416 e. The summed E-state index contributed by atoms with van der Waals surface area (Å²) in [6.07, 6.45) is -3.95. The molecule has 0 aromatic heterocycles. The van der Waals surface area contributed by atoms with Crippen molar-refractivity contribution in [3.63, 3.8) is 0 Å². The van der Waals surface area contributed by atoms with Crippen molar-refractivity contribution in [2.24, 2.45) is 5.73 Å². The van der Waals surface area contributed by atoms with E-state index in [1.54, 1.807) is 0 Å². The minimum Gasteiger partial charge on any atom is -0.327 e. The van der Waals surface area contributed by atoms with Gasteiger partial charge < -0.3 is 5.73 Å². The van der Waals surface area contributed by atoms with Crippen LogP contribution in [0, 0.1) is 0 Å². The van der Waals surface area contributed by atoms with Gasteiger partial charge in [-0.25, -0.2) is 4.39 Å². The van der Waals surface area contributed by atoms with Crippen LogP contribution in [0.3, 0.4) is 0 Å². The van der Waals surface area contributed by atoms with Crippen molar-refractivity contribution < 1.29 is 17.6 Å². The summed E-state index contributed by atoms with van der Waals surface area (Å²) < 4.78 is 49.3. The molecule has 0 bridgehead atoms. The molecule has 1 rings (SSSR count). The van der Waals surface area contributed by atoms with E-state index in [9.17, 15) is 17.6 Å². The van der Waals surface area contributed by atoms with Gasteiger partial charge in [0, 0.05) is 6.54 Å². The van der Waals surface area contributed by atoms with E-state index in [2.05, 4.69) is 0 Å². The Morgan fingerprint density at radius 3 is 2.50 bits per heavy atom. The molecule has 1 aromatic carbocycles. The zero-order chi connectivity index (χ0) is 12.2. The summed E-state index contributed by atoms with van der Waals surface area (Å²) in [5.74, 6) is 0. The van der Waals surface area contributed by atoms with Crippen molar-refractivity contribution in [1.29, 1.82) is 0 Å². The molecule has 0 radical (unpaired) electrons. The number of benzene rings is 1. The number of halogens is 4. The topological polar surface area (TPSA) is 26.0 Å². The van der Waals surface area contributed by atoms with Gasteiger partial charge in [-0.1, -0.05) is 18.2 Å². The molecule has 1 aromatic rings. The third-order valence-corrected chi connectivity index (χ3v) is 2.10. The van der Waals surface area contributed by atoms with Gasteiger partial charge in [-0.05, 0) is 23.6 Å². The van der Waals surface area contributed by atoms with Crippen LogP contribution in [0.2, 0.25) is 0 Å². The Kier molecular flexibility index (Phi) is 4.06. The van der Waals surface area contributed by atoms with Crippen molar-refractivity contribution >= 4 is 0 Å². The first-order valence-corrected chi connectivity index (χ1v) is 4.61. The van der Waals surface area contributed by atoms with E-state index in [-0.39, 0.29) is 18.5 Å². The maximum atomic E-state index is 12.4. The van der Waals surface area contributed by atoms with Gasteiger partial charge in [0.25, 0.3) is 0 Å². The first-order valence-electron chi connectivity index (χ1n) is 4.61. The number of rotatable bonds is 3. The number of hydrogen-bond acceptors (Lipinski definition) is 1. The second kappa shape index (κ2) is 5.12. The molecule has 0 saturated heterocycles. The fourth-order valence-corrected chi connectivity index (χ4v) is 1.28. The van der Waals surface area contributed by atoms with Crippen LogP contribution in [-0.4, -0.2) is 6.54 Å². The molecule has 88 valence electrons. The minimum absolute atomic E-state index is 0.00720. The maximum absolute atomic E-state index is 12.4. The molecular formula is C11H11F4N. The molecule has 0 fully saturated rings. The SMILES string of the molecule is NC/C(=C/F)Cc1cccc(C(F)(F)F)c1. The average molecular weight is 233 g/mol. The van der Waals surface area contributed by atoms with Gasteiger partial charge in [0.15, 0.2) is 0 Å². The molecule has 0 amide bonds. The molecule has 0 heterocycles. The first kappa shape index (κ1) is 12.7. The molecule has 0 aliphatic carbocycles. The highest BCUT2D eigenvalue weighted by molar-refractivity contribution is 5.28. The summed E-state index contributed by atoms with van der Waals surface area (Å²) in [5, 5.41) is 0. The van der Waals surface area contributed by atoms with Crippen LogP contribution >= 0.6 is 0 Å². The second-order valence-corrected chi connectivity index (χ2v) is 3.35. The van der Waals surface area contributed by atoms with Crippen molar-refractivity contribution in [2.75, 3.05) is 6.54 Å². The van der Waals surface area contributed by atoms with Crippen LogP contribution < -0.4 is 5.73 Å². The fraction of sp³-hybridized carbons (Fsp3) is 0.273. The van der Waals surface area contributed by atoms with Gasteiger partial charge in [-0.15, -0.1) is 0 Å². The van der Waals surface area contributed by atoms with Gasteiger partial charge in [-0.2, -0.15) is 13.2 Å². The van der Waals surface area contributed by atoms with Crippen LogP contribution in [0.25, 0.3) is 0 Å². The summed E-state index contributed by atoms with van der Waals surface area (Å²) in [5.41, 5.74) is 5.14. The van der Waals surface area contributed by atoms with Crippen molar-refractivity contribution in [1.82, 2.24) is 0 Å². The molecule has 0 aliphatic heterocycles. The summed E-state index contributed by atoms with van der Waals surface area (Å²) in [6, 6.07) is 4.78. The lowest BCUT2D eigenvalue weighted by Crippen LogP contribution is -2.08. The lowest BCUT2D eigenvalue weighted by molar-refractivity contribution is -0.137. The first-order chi connectivity index (χ1) is 7.47. The summed E-state index contributed by atoms with van der Waals surface area (Å²) >= 11 is 0. The molecule has 5 heteroatoms. The third-order valence-electron chi connectivity index (χ3n) is 2.10. The Morgan fingerprint density at radius 1 is 1.31 bits per heavy atom. The van der Waals surface area contributed by atoms with Gasteiger partial charge in [0.2, 0.25) is 0 Å². The van der Waals surface area contributed by atoms with Gasteiger partial charge >= 0.3 is 6.18 Å². The van der Waals surface area contributed by atoms with E-state index < -0.39 is 11.7 Å². The Labute approximate surface area is 90.6 Å². The Bertz CT molecular complexity index is 382. The minimum atomic E-state index is -4.38. The molecule has 16 heavy (non-hydrogen) atoms. The van der Waals surface area contributed by atoms with Crippen LogP contribution in [0.4, 0.5) is 17.6 Å². The quantitative estimate of drug-likeness (QED) is 0.798. The molecule has 0 spiro atoms. The predicted molar refractivity (Wildman–Crippen MR) is 53.4 cm³/mol. The van der Waals surface area contributed by atoms with Crippen LogP contribution in [0.5, 0.6) is 0 Å². The summed E-state index contributed by atoms with van der Waals surface area (Å²) in [4.78, 5) is 0. The second-order valence-electron chi connectivity index (χ2n) is 3.35. The van der Waals surface area contributed by atoms with E-state index in [0.717, 1.165) is 12.1 Å². The van der Waals surface area contributed by atoms with Gasteiger partial charge in [0.05, 0.1) is 11.9 Å². The lowest BCUT2D eigenvalue weighted by Gasteiger charge is -2.09. The highest BCUT2D eigenvalue weighted by atomic mass is 19.4. The lowest BCUT2D eigenvalue weighted by atomic mass is 10.0. The number of hydrogen-bond donors (Lipinski definition) is 1. The van der Waals surface area contributed by atoms with Crippen molar-refractivity contribution in [3.8, 4) is 0 Å². The predicted octanol–water partition coefficient (Wildman–Crippen LogP) is 3.06. The molecule has 0 atom stereocenters. The van der Waals surface area contributed by atoms with E-state index in [0.29, 0.717) is 11.9 Å². The van der Waals surface area contributed by atoms with Crippen LogP contribution in [0.15, 0.2) is 36.2 Å². The Balaban J connectivity index is 2.91. The Hall–Kier alpha value is -1.36. The summed E-state index contributed by atoms with van der Waals surface area (Å²) in [6.45, 7) is -0.00720. The van der Waals surface area contributed by atoms with E-state index >= 15 is 0 Å². The van der Waals surface area contributed by atoms with E-state index in [1.165, 1.54) is 12.1 Å². The highest BCUT2D eigenvalue weighted by Crippen LogP contribution is 2.29. The Morgan fingerprint density at radius 2 is 2.00 bits per heavy atom. The monoisotopic (exact) mass is 233 g/mol. The smallest absolute Gasteiger partial charge is 0.327 e. The van der Waals surface area contributed by atoms with Crippen molar-refractivity contribution in [2.45, 2.75) is 12.6 Å². The molecule has 1 nitrogen and oxygen atoms in total. The number of alkyl halides is 3. The molecule has 0 saturated carbocycles. The molecule has 0 unspecified atom stereocenters. The summed E-state index contributed by atoms with van der Waals surface area (Å²) in [7, 11) is 0. The van der Waals surface area contributed by atoms with E-state index in [4.69, 9.17) is 5.73 Å². The normalized spacial score (nSPS) is 12.9. The fourth-order valence-electron chi connectivity index (χ4n) is 1.28. The van der Waals surface area contributed by atoms with E-state index in [1.807, 2.05) is 0 Å². The molecular weight excluding hydrogens is 222 g/mol. The zero-order valence-corrected chi connectivity index (χ0v) is 8.39. The van der Waals surface area contributed by atoms with Crippen molar-refractivity contribution in [3.05, 3.63) is 47.3 Å². The molecule has 0 aliphatic rings. The molecule has 2 N–H and O–H groups in total. The van der Waals surface area contributed by atoms with Gasteiger partial charge in [-0.3, -0.25) is 0 Å². The highest BCUT2D eigenvalue weighted by Gasteiger charge is 2.30. The third kappa shape index (κ3) is 3.34. The zero-order valence-electron chi connectivity index (χ0n) is 8.39.